The predicted molar refractivity (Wildman–Crippen MR) is 82.4 cm³/mol. The molecule has 100 valence electrons. The van der Waals surface area contributed by atoms with Gasteiger partial charge in [0.05, 0.1) is 5.69 Å². The molecule has 2 aromatic rings. The maximum absolute atomic E-state index is 6.10. The van der Waals surface area contributed by atoms with Crippen LogP contribution in [0.4, 0.5) is 0 Å². The van der Waals surface area contributed by atoms with Crippen LogP contribution in [0.1, 0.15) is 17.0 Å². The molecule has 0 saturated heterocycles. The van der Waals surface area contributed by atoms with E-state index in [0.717, 1.165) is 22.7 Å². The lowest BCUT2D eigenvalue weighted by Crippen LogP contribution is -2.01. The Morgan fingerprint density at radius 3 is 2.74 bits per heavy atom. The van der Waals surface area contributed by atoms with Crippen LogP contribution < -0.4 is 4.74 Å². The summed E-state index contributed by atoms with van der Waals surface area (Å²) >= 11 is 15.4. The van der Waals surface area contributed by atoms with Crippen LogP contribution in [0.5, 0.6) is 5.75 Å². The van der Waals surface area contributed by atoms with Gasteiger partial charge < -0.3 is 4.74 Å². The number of alkyl halides is 1. The number of aryl methyl sites for hydroxylation is 1. The number of pyridine rings is 1. The van der Waals surface area contributed by atoms with Crippen molar-refractivity contribution in [2.45, 2.75) is 18.9 Å². The van der Waals surface area contributed by atoms with E-state index in [9.17, 15) is 0 Å². The Morgan fingerprint density at radius 1 is 1.21 bits per heavy atom. The lowest BCUT2D eigenvalue weighted by Gasteiger charge is -2.11. The van der Waals surface area contributed by atoms with Crippen molar-refractivity contribution in [2.24, 2.45) is 0 Å². The van der Waals surface area contributed by atoms with Gasteiger partial charge in [-0.25, -0.2) is 0 Å². The van der Waals surface area contributed by atoms with Crippen molar-refractivity contribution in [3.8, 4) is 5.75 Å². The third-order valence-electron chi connectivity index (χ3n) is 2.59. The number of hydrogen-bond acceptors (Lipinski definition) is 2. The summed E-state index contributed by atoms with van der Waals surface area (Å²) < 4.78 is 5.77. The van der Waals surface area contributed by atoms with Crippen molar-refractivity contribution < 1.29 is 4.74 Å². The van der Waals surface area contributed by atoms with E-state index in [4.69, 9.17) is 27.9 Å². The summed E-state index contributed by atoms with van der Waals surface area (Å²) in [5, 5.41) is 1.93. The minimum atomic E-state index is 0.365. The molecule has 0 amide bonds. The van der Waals surface area contributed by atoms with E-state index >= 15 is 0 Å². The highest BCUT2D eigenvalue weighted by Crippen LogP contribution is 2.24. The molecule has 0 atom stereocenters. The highest BCUT2D eigenvalue weighted by molar-refractivity contribution is 9.08. The summed E-state index contributed by atoms with van der Waals surface area (Å²) in [6.45, 7) is 2.31. The smallest absolute Gasteiger partial charge is 0.142 e. The number of rotatable bonds is 4. The largest absolute Gasteiger partial charge is 0.487 e. The Bertz CT molecular complexity index is 590. The molecule has 0 aliphatic rings. The third-order valence-corrected chi connectivity index (χ3v) is 3.72. The highest BCUT2D eigenvalue weighted by atomic mass is 79.9. The topological polar surface area (TPSA) is 22.1 Å². The molecule has 0 saturated carbocycles. The standard InChI is InChI=1S/C14H12BrCl2NO/c1-9-2-5-14(13(7-15)18-9)19-8-10-6-11(16)3-4-12(10)17/h2-6H,7-8H2,1H3. The fraction of sp³-hybridized carbons (Fsp3) is 0.214. The molecule has 1 aromatic heterocycles. The summed E-state index contributed by atoms with van der Waals surface area (Å²) in [5.74, 6) is 0.749. The number of nitrogens with zero attached hydrogens (tertiary/aromatic N) is 1. The van der Waals surface area contributed by atoms with Crippen LogP contribution >= 0.6 is 39.1 Å². The van der Waals surface area contributed by atoms with Gasteiger partial charge in [0.1, 0.15) is 12.4 Å². The molecular weight excluding hydrogens is 349 g/mol. The third kappa shape index (κ3) is 3.85. The Hall–Kier alpha value is -0.770. The van der Waals surface area contributed by atoms with Crippen molar-refractivity contribution in [1.82, 2.24) is 4.98 Å². The van der Waals surface area contributed by atoms with Crippen LogP contribution in [0.2, 0.25) is 10.0 Å². The zero-order valence-corrected chi connectivity index (χ0v) is 13.4. The molecule has 19 heavy (non-hydrogen) atoms. The van der Waals surface area contributed by atoms with Gasteiger partial charge in [-0.3, -0.25) is 4.98 Å². The number of ether oxygens (including phenoxy) is 1. The lowest BCUT2D eigenvalue weighted by atomic mass is 10.2. The van der Waals surface area contributed by atoms with Crippen LogP contribution in [0.25, 0.3) is 0 Å². The summed E-state index contributed by atoms with van der Waals surface area (Å²) in [6.07, 6.45) is 0. The van der Waals surface area contributed by atoms with Crippen LogP contribution in [0.3, 0.4) is 0 Å². The maximum Gasteiger partial charge on any atom is 0.142 e. The normalized spacial score (nSPS) is 10.5. The Labute approximate surface area is 130 Å². The van der Waals surface area contributed by atoms with Crippen molar-refractivity contribution in [3.05, 3.63) is 57.3 Å². The first-order chi connectivity index (χ1) is 9.10. The van der Waals surface area contributed by atoms with Crippen LogP contribution in [-0.2, 0) is 11.9 Å². The molecule has 0 bridgehead atoms. The van der Waals surface area contributed by atoms with Gasteiger partial charge in [0.2, 0.25) is 0 Å². The van der Waals surface area contributed by atoms with Gasteiger partial charge in [-0.05, 0) is 37.3 Å². The van der Waals surface area contributed by atoms with Crippen LogP contribution in [0.15, 0.2) is 30.3 Å². The highest BCUT2D eigenvalue weighted by Gasteiger charge is 2.07. The maximum atomic E-state index is 6.10. The molecule has 0 spiro atoms. The number of aromatic nitrogens is 1. The Kier molecular flexibility index (Phi) is 5.08. The Morgan fingerprint density at radius 2 is 2.00 bits per heavy atom. The zero-order valence-electron chi connectivity index (χ0n) is 10.3. The minimum absolute atomic E-state index is 0.365. The first kappa shape index (κ1) is 14.6. The van der Waals surface area contributed by atoms with Gasteiger partial charge in [-0.15, -0.1) is 0 Å². The molecule has 0 radical (unpaired) electrons. The molecule has 0 fully saturated rings. The van der Waals surface area contributed by atoms with Crippen LogP contribution in [-0.4, -0.2) is 4.98 Å². The second kappa shape index (κ2) is 6.60. The predicted octanol–water partition coefficient (Wildman–Crippen LogP) is 5.17. The molecule has 1 aromatic carbocycles. The average molecular weight is 361 g/mol. The molecule has 1 heterocycles. The molecule has 0 aliphatic heterocycles. The summed E-state index contributed by atoms with van der Waals surface area (Å²) in [4.78, 5) is 4.41. The lowest BCUT2D eigenvalue weighted by molar-refractivity contribution is 0.302. The van der Waals surface area contributed by atoms with E-state index < -0.39 is 0 Å². The van der Waals surface area contributed by atoms with E-state index in [0.29, 0.717) is 22.0 Å². The first-order valence-corrected chi connectivity index (χ1v) is 7.57. The van der Waals surface area contributed by atoms with Crippen molar-refractivity contribution in [3.63, 3.8) is 0 Å². The molecular formula is C14H12BrCl2NO. The fourth-order valence-electron chi connectivity index (χ4n) is 1.63. The average Bonchev–Trinajstić information content (AvgIpc) is 2.40. The number of hydrogen-bond donors (Lipinski definition) is 0. The quantitative estimate of drug-likeness (QED) is 0.701. The number of benzene rings is 1. The summed E-state index contributed by atoms with van der Waals surface area (Å²) in [5.41, 5.74) is 2.69. The second-order valence-corrected chi connectivity index (χ2v) is 5.46. The molecule has 2 rings (SSSR count). The second-order valence-electron chi connectivity index (χ2n) is 4.06. The van der Waals surface area contributed by atoms with E-state index in [1.54, 1.807) is 18.2 Å². The van der Waals surface area contributed by atoms with Gasteiger partial charge in [-0.1, -0.05) is 39.1 Å². The fourth-order valence-corrected chi connectivity index (χ4v) is 2.40. The van der Waals surface area contributed by atoms with Gasteiger partial charge >= 0.3 is 0 Å². The van der Waals surface area contributed by atoms with Gasteiger partial charge in [0.15, 0.2) is 0 Å². The minimum Gasteiger partial charge on any atom is -0.487 e. The van der Waals surface area contributed by atoms with Gasteiger partial charge in [0.25, 0.3) is 0 Å². The first-order valence-electron chi connectivity index (χ1n) is 5.69. The van der Waals surface area contributed by atoms with E-state index in [1.165, 1.54) is 0 Å². The van der Waals surface area contributed by atoms with Crippen molar-refractivity contribution in [2.75, 3.05) is 0 Å². The van der Waals surface area contributed by atoms with E-state index in [2.05, 4.69) is 20.9 Å². The number of halogens is 3. The molecule has 5 heteroatoms. The molecule has 0 aliphatic carbocycles. The van der Waals surface area contributed by atoms with Crippen LogP contribution in [0, 0.1) is 6.92 Å². The van der Waals surface area contributed by atoms with Crippen molar-refractivity contribution in [1.29, 1.82) is 0 Å². The van der Waals surface area contributed by atoms with E-state index in [-0.39, 0.29) is 0 Å². The monoisotopic (exact) mass is 359 g/mol. The van der Waals surface area contributed by atoms with Crippen molar-refractivity contribution >= 4 is 39.1 Å². The van der Waals surface area contributed by atoms with E-state index in [1.807, 2.05) is 19.1 Å². The van der Waals surface area contributed by atoms with Gasteiger partial charge in [-0.2, -0.15) is 0 Å². The van der Waals surface area contributed by atoms with Gasteiger partial charge in [0, 0.05) is 26.6 Å². The molecule has 2 nitrogen and oxygen atoms in total. The zero-order chi connectivity index (χ0) is 13.8. The molecule has 0 unspecified atom stereocenters. The Balaban J connectivity index is 2.16. The molecule has 0 N–H and O–H groups in total. The SMILES string of the molecule is Cc1ccc(OCc2cc(Cl)ccc2Cl)c(CBr)n1. The summed E-state index contributed by atoms with van der Waals surface area (Å²) in [7, 11) is 0. The summed E-state index contributed by atoms with van der Waals surface area (Å²) in [6, 6.07) is 9.16.